The fraction of sp³-hybridized carbons (Fsp3) is 0.100. The third-order valence-electron chi connectivity index (χ3n) is 5.01. The molecule has 10 heteroatoms. The highest BCUT2D eigenvalue weighted by molar-refractivity contribution is 7.85. The molecule has 2 N–H and O–H groups in total. The summed E-state index contributed by atoms with van der Waals surface area (Å²) in [6.45, 7) is 3.88. The van der Waals surface area contributed by atoms with Crippen LogP contribution < -0.4 is 21.8 Å². The minimum Gasteiger partial charge on any atom is -0.295 e. The number of nitrogens with zero attached hydrogens (tertiary/aromatic N) is 3. The fourth-order valence-corrected chi connectivity index (χ4v) is 3.85. The lowest BCUT2D eigenvalue weighted by Gasteiger charge is -2.02. The first-order chi connectivity index (χ1) is 14.1. The molecule has 0 fully saturated rings. The van der Waals surface area contributed by atoms with Crippen LogP contribution >= 0.6 is 0 Å². The second-order valence-corrected chi connectivity index (χ2v) is 8.33. The standard InChI is InChI=1S/C20H18N4O5S/c1-12-16(10-13-4-9-17-18(11-13)23(3)20(26)22(17)2)19(25)24(21-12)14-5-7-15(8-6-14)30(27,28)29/h4-11,21H,1H2,2-3H3,(H,27,28,29)/b16-10-. The molecule has 0 saturated heterocycles. The van der Waals surface area contributed by atoms with Crippen molar-refractivity contribution in [3.05, 3.63) is 79.4 Å². The molecule has 0 atom stereocenters. The Balaban J connectivity index is 1.85. The number of imidazole rings is 1. The summed E-state index contributed by atoms with van der Waals surface area (Å²) in [6, 6.07) is 10.6. The molecule has 2 aromatic carbocycles. The van der Waals surface area contributed by atoms with Gasteiger partial charge >= 0.3 is 5.69 Å². The fourth-order valence-electron chi connectivity index (χ4n) is 3.37. The zero-order chi connectivity index (χ0) is 21.8. The van der Waals surface area contributed by atoms with Crippen LogP contribution in [0.3, 0.4) is 0 Å². The SMILES string of the molecule is C=c1[nH]n(-c2ccc(S(=O)(=O)O)cc2)c(=O)/c1=C\c1ccc2c(c1)n(C)c(=O)n2C. The zero-order valence-electron chi connectivity index (χ0n) is 16.2. The molecular formula is C20H18N4O5S. The Morgan fingerprint density at radius 2 is 1.63 bits per heavy atom. The average Bonchev–Trinajstić information content (AvgIpc) is 3.10. The van der Waals surface area contributed by atoms with E-state index in [1.165, 1.54) is 33.5 Å². The number of H-pyrrole nitrogens is 1. The first-order valence-electron chi connectivity index (χ1n) is 8.83. The maximum absolute atomic E-state index is 12.9. The average molecular weight is 426 g/mol. The van der Waals surface area contributed by atoms with E-state index in [9.17, 15) is 18.0 Å². The topological polar surface area (TPSA) is 119 Å². The predicted molar refractivity (Wildman–Crippen MR) is 113 cm³/mol. The second-order valence-electron chi connectivity index (χ2n) is 6.91. The summed E-state index contributed by atoms with van der Waals surface area (Å²) >= 11 is 0. The summed E-state index contributed by atoms with van der Waals surface area (Å²) in [7, 11) is -0.944. The van der Waals surface area contributed by atoms with Crippen molar-refractivity contribution < 1.29 is 13.0 Å². The van der Waals surface area contributed by atoms with Crippen molar-refractivity contribution in [3.63, 3.8) is 0 Å². The van der Waals surface area contributed by atoms with E-state index < -0.39 is 10.1 Å². The smallest absolute Gasteiger partial charge is 0.295 e. The van der Waals surface area contributed by atoms with E-state index in [4.69, 9.17) is 4.55 Å². The molecule has 0 aliphatic heterocycles. The predicted octanol–water partition coefficient (Wildman–Crippen LogP) is -0.158. The number of fused-ring (bicyclic) bond motifs is 1. The van der Waals surface area contributed by atoms with Crippen molar-refractivity contribution in [2.24, 2.45) is 14.1 Å². The molecule has 0 aliphatic rings. The lowest BCUT2D eigenvalue weighted by atomic mass is 10.1. The van der Waals surface area contributed by atoms with E-state index in [1.807, 2.05) is 12.1 Å². The van der Waals surface area contributed by atoms with Crippen molar-refractivity contribution in [3.8, 4) is 5.69 Å². The molecular weight excluding hydrogens is 408 g/mol. The molecule has 154 valence electrons. The van der Waals surface area contributed by atoms with Crippen molar-refractivity contribution >= 4 is 33.8 Å². The number of aromatic amines is 1. The highest BCUT2D eigenvalue weighted by atomic mass is 32.2. The van der Waals surface area contributed by atoms with Gasteiger partial charge in [0, 0.05) is 14.1 Å². The van der Waals surface area contributed by atoms with Gasteiger partial charge in [-0.2, -0.15) is 8.42 Å². The van der Waals surface area contributed by atoms with Crippen molar-refractivity contribution in [2.75, 3.05) is 0 Å². The van der Waals surface area contributed by atoms with E-state index in [1.54, 1.807) is 30.8 Å². The maximum atomic E-state index is 12.9. The van der Waals surface area contributed by atoms with E-state index in [-0.39, 0.29) is 16.1 Å². The van der Waals surface area contributed by atoms with Gasteiger partial charge in [0.15, 0.2) is 0 Å². The number of rotatable bonds is 3. The van der Waals surface area contributed by atoms with Crippen molar-refractivity contribution in [1.29, 1.82) is 0 Å². The molecule has 0 saturated carbocycles. The normalized spacial score (nSPS) is 12.7. The number of benzene rings is 2. The molecule has 2 heterocycles. The summed E-state index contributed by atoms with van der Waals surface area (Å²) in [5.74, 6) is 0. The van der Waals surface area contributed by atoms with E-state index >= 15 is 0 Å². The summed E-state index contributed by atoms with van der Waals surface area (Å²) < 4.78 is 35.8. The molecule has 0 spiro atoms. The number of hydrogen-bond acceptors (Lipinski definition) is 4. The second kappa shape index (κ2) is 6.71. The lowest BCUT2D eigenvalue weighted by molar-refractivity contribution is 0.483. The molecule has 0 unspecified atom stereocenters. The third kappa shape index (κ3) is 3.11. The van der Waals surface area contributed by atoms with Crippen molar-refractivity contribution in [2.45, 2.75) is 4.90 Å². The number of aromatic nitrogens is 4. The minimum atomic E-state index is -4.32. The Morgan fingerprint density at radius 3 is 2.27 bits per heavy atom. The van der Waals surface area contributed by atoms with Crippen LogP contribution in [0, 0.1) is 0 Å². The van der Waals surface area contributed by atoms with Crippen LogP contribution in [0.15, 0.2) is 56.9 Å². The summed E-state index contributed by atoms with van der Waals surface area (Å²) in [5.41, 5.74) is 2.11. The molecule has 0 amide bonds. The van der Waals surface area contributed by atoms with Crippen LogP contribution in [0.4, 0.5) is 0 Å². The molecule has 2 aromatic heterocycles. The monoisotopic (exact) mass is 426 g/mol. The Hall–Kier alpha value is -3.63. The molecule has 9 nitrogen and oxygen atoms in total. The van der Waals surface area contributed by atoms with Gasteiger partial charge in [0.2, 0.25) is 0 Å². The van der Waals surface area contributed by atoms with Gasteiger partial charge in [0.1, 0.15) is 0 Å². The summed E-state index contributed by atoms with van der Waals surface area (Å²) in [6.07, 6.45) is 1.67. The molecule has 0 radical (unpaired) electrons. The van der Waals surface area contributed by atoms with Crippen LogP contribution in [-0.4, -0.2) is 31.9 Å². The van der Waals surface area contributed by atoms with E-state index in [0.717, 1.165) is 16.6 Å². The number of nitrogens with one attached hydrogen (secondary N) is 1. The highest BCUT2D eigenvalue weighted by Crippen LogP contribution is 2.14. The summed E-state index contributed by atoms with van der Waals surface area (Å²) in [4.78, 5) is 24.7. The van der Waals surface area contributed by atoms with Gasteiger partial charge in [-0.15, -0.1) is 0 Å². The zero-order valence-corrected chi connectivity index (χ0v) is 17.0. The Kier molecular flexibility index (Phi) is 4.40. The number of hydrogen-bond donors (Lipinski definition) is 2. The van der Waals surface area contributed by atoms with Gasteiger partial charge in [0.25, 0.3) is 15.7 Å². The van der Waals surface area contributed by atoms with Crippen LogP contribution in [0.5, 0.6) is 0 Å². The van der Waals surface area contributed by atoms with Crippen LogP contribution in [-0.2, 0) is 24.2 Å². The third-order valence-corrected chi connectivity index (χ3v) is 5.87. The first-order valence-corrected chi connectivity index (χ1v) is 10.3. The van der Waals surface area contributed by atoms with Crippen LogP contribution in [0.25, 0.3) is 29.4 Å². The van der Waals surface area contributed by atoms with Gasteiger partial charge in [-0.3, -0.25) is 23.6 Å². The van der Waals surface area contributed by atoms with Gasteiger partial charge in [0.05, 0.1) is 32.2 Å². The molecule has 0 aliphatic carbocycles. The Labute approximate surface area is 170 Å². The van der Waals surface area contributed by atoms with Gasteiger partial charge in [-0.05, 0) is 48.0 Å². The van der Waals surface area contributed by atoms with Gasteiger partial charge < -0.3 is 0 Å². The quantitative estimate of drug-likeness (QED) is 0.442. The Bertz CT molecular complexity index is 1630. The molecule has 30 heavy (non-hydrogen) atoms. The van der Waals surface area contributed by atoms with E-state index in [0.29, 0.717) is 16.3 Å². The van der Waals surface area contributed by atoms with E-state index in [2.05, 4.69) is 11.7 Å². The largest absolute Gasteiger partial charge is 0.328 e. The lowest BCUT2D eigenvalue weighted by Crippen LogP contribution is -2.33. The van der Waals surface area contributed by atoms with Gasteiger partial charge in [-0.25, -0.2) is 9.48 Å². The number of aryl methyl sites for hydroxylation is 2. The van der Waals surface area contributed by atoms with Gasteiger partial charge in [-0.1, -0.05) is 12.6 Å². The molecule has 4 rings (SSSR count). The first kappa shape index (κ1) is 19.7. The minimum absolute atomic E-state index is 0.141. The Morgan fingerprint density at radius 1 is 1.00 bits per heavy atom. The molecule has 4 aromatic rings. The summed E-state index contributed by atoms with van der Waals surface area (Å²) in [5, 5.41) is 3.56. The maximum Gasteiger partial charge on any atom is 0.328 e. The van der Waals surface area contributed by atoms with Crippen LogP contribution in [0.2, 0.25) is 0 Å². The highest BCUT2D eigenvalue weighted by Gasteiger charge is 2.11. The molecule has 0 bridgehead atoms. The van der Waals surface area contributed by atoms with Crippen molar-refractivity contribution in [1.82, 2.24) is 18.9 Å². The van der Waals surface area contributed by atoms with Crippen LogP contribution in [0.1, 0.15) is 5.56 Å².